The minimum absolute atomic E-state index is 0.0354. The van der Waals surface area contributed by atoms with E-state index in [0.29, 0.717) is 30.3 Å². The van der Waals surface area contributed by atoms with Crippen molar-refractivity contribution in [1.29, 1.82) is 0 Å². The highest BCUT2D eigenvalue weighted by Gasteiger charge is 2.31. The number of piperidine rings is 1. The van der Waals surface area contributed by atoms with E-state index in [1.54, 1.807) is 35.2 Å². The van der Waals surface area contributed by atoms with Crippen LogP contribution in [0.15, 0.2) is 40.8 Å². The van der Waals surface area contributed by atoms with Crippen molar-refractivity contribution < 1.29 is 13.6 Å². The van der Waals surface area contributed by atoms with Crippen LogP contribution in [0.5, 0.6) is 0 Å². The van der Waals surface area contributed by atoms with Crippen molar-refractivity contribution in [2.24, 2.45) is 11.7 Å². The van der Waals surface area contributed by atoms with Gasteiger partial charge in [0.15, 0.2) is 5.76 Å². The topological polar surface area (TPSA) is 59.5 Å². The average Bonchev–Trinajstić information content (AvgIpc) is 3.04. The monoisotopic (exact) mass is 316 g/mol. The Morgan fingerprint density at radius 3 is 2.87 bits per heavy atom. The normalized spacial score (nSPS) is 21.4. The summed E-state index contributed by atoms with van der Waals surface area (Å²) in [5.41, 5.74) is 6.17. The molecule has 2 aromatic rings. The third-order valence-corrected chi connectivity index (χ3v) is 4.47. The second-order valence-electron chi connectivity index (χ2n) is 6.16. The number of amides is 1. The smallest absolute Gasteiger partial charge is 0.289 e. The Kier molecular flexibility index (Phi) is 4.48. The summed E-state index contributed by atoms with van der Waals surface area (Å²) in [6.45, 7) is 3.29. The third kappa shape index (κ3) is 3.15. The average molecular weight is 316 g/mol. The summed E-state index contributed by atoms with van der Waals surface area (Å²) >= 11 is 0. The van der Waals surface area contributed by atoms with Gasteiger partial charge in [0.2, 0.25) is 0 Å². The van der Waals surface area contributed by atoms with Crippen molar-refractivity contribution in [3.63, 3.8) is 0 Å². The van der Waals surface area contributed by atoms with Gasteiger partial charge in [0.05, 0.1) is 5.56 Å². The van der Waals surface area contributed by atoms with E-state index in [1.165, 1.54) is 6.07 Å². The van der Waals surface area contributed by atoms with Gasteiger partial charge in [0.25, 0.3) is 5.91 Å². The Bertz CT molecular complexity index is 698. The predicted molar refractivity (Wildman–Crippen MR) is 86.4 cm³/mol. The van der Waals surface area contributed by atoms with Crippen LogP contribution in [-0.2, 0) is 0 Å². The molecular weight excluding hydrogens is 295 g/mol. The van der Waals surface area contributed by atoms with Crippen molar-refractivity contribution in [2.45, 2.75) is 25.8 Å². The number of rotatable bonds is 3. The van der Waals surface area contributed by atoms with E-state index >= 15 is 0 Å². The Balaban J connectivity index is 1.82. The quantitative estimate of drug-likeness (QED) is 0.945. The fourth-order valence-corrected chi connectivity index (χ4v) is 3.14. The van der Waals surface area contributed by atoms with E-state index in [-0.39, 0.29) is 23.5 Å². The van der Waals surface area contributed by atoms with Crippen LogP contribution >= 0.6 is 0 Å². The highest BCUT2D eigenvalue weighted by molar-refractivity contribution is 5.92. The molecule has 0 aliphatic carbocycles. The lowest BCUT2D eigenvalue weighted by Crippen LogP contribution is -2.49. The number of benzene rings is 1. The molecule has 2 atom stereocenters. The van der Waals surface area contributed by atoms with Gasteiger partial charge in [0, 0.05) is 19.1 Å². The molecule has 1 aromatic heterocycles. The standard InChI is InChI=1S/C18H21FN2O2/c1-12-8-9-21(13(10-12)11-20)18(22)17-7-6-16(23-17)14-4-2-3-5-15(14)19/h2-7,12-13H,8-11,20H2,1H3. The van der Waals surface area contributed by atoms with Crippen LogP contribution in [0.3, 0.4) is 0 Å². The first-order valence-corrected chi connectivity index (χ1v) is 7.96. The molecule has 1 aromatic carbocycles. The molecule has 2 heterocycles. The number of nitrogens with zero attached hydrogens (tertiary/aromatic N) is 1. The molecule has 1 saturated heterocycles. The van der Waals surface area contributed by atoms with E-state index < -0.39 is 0 Å². The third-order valence-electron chi connectivity index (χ3n) is 4.47. The number of nitrogens with two attached hydrogens (primary N) is 1. The minimum Gasteiger partial charge on any atom is -0.451 e. The van der Waals surface area contributed by atoms with Crippen molar-refractivity contribution in [3.8, 4) is 11.3 Å². The summed E-state index contributed by atoms with van der Waals surface area (Å²) in [5, 5.41) is 0. The summed E-state index contributed by atoms with van der Waals surface area (Å²) < 4.78 is 19.4. The molecule has 4 nitrogen and oxygen atoms in total. The molecule has 0 bridgehead atoms. The Morgan fingerprint density at radius 1 is 1.35 bits per heavy atom. The lowest BCUT2D eigenvalue weighted by Gasteiger charge is -2.37. The van der Waals surface area contributed by atoms with E-state index in [4.69, 9.17) is 10.2 Å². The second kappa shape index (κ2) is 6.54. The maximum absolute atomic E-state index is 13.8. The van der Waals surface area contributed by atoms with E-state index in [1.807, 2.05) is 0 Å². The minimum atomic E-state index is -0.368. The van der Waals surface area contributed by atoms with Crippen LogP contribution in [-0.4, -0.2) is 29.9 Å². The Morgan fingerprint density at radius 2 is 2.13 bits per heavy atom. The fourth-order valence-electron chi connectivity index (χ4n) is 3.14. The molecule has 1 fully saturated rings. The van der Waals surface area contributed by atoms with Gasteiger partial charge in [-0.1, -0.05) is 19.1 Å². The number of hydrogen-bond donors (Lipinski definition) is 1. The number of carbonyl (C=O) groups excluding carboxylic acids is 1. The van der Waals surface area contributed by atoms with Crippen molar-refractivity contribution in [2.75, 3.05) is 13.1 Å². The second-order valence-corrected chi connectivity index (χ2v) is 6.16. The van der Waals surface area contributed by atoms with Crippen LogP contribution in [0, 0.1) is 11.7 Å². The lowest BCUT2D eigenvalue weighted by molar-refractivity contribution is 0.0542. The highest BCUT2D eigenvalue weighted by Crippen LogP contribution is 2.28. The number of halogens is 1. The molecule has 23 heavy (non-hydrogen) atoms. The van der Waals surface area contributed by atoms with Crippen LogP contribution in [0.4, 0.5) is 4.39 Å². The van der Waals surface area contributed by atoms with Gasteiger partial charge in [-0.05, 0) is 43.0 Å². The van der Waals surface area contributed by atoms with Crippen LogP contribution < -0.4 is 5.73 Å². The fraction of sp³-hybridized carbons (Fsp3) is 0.389. The summed E-state index contributed by atoms with van der Waals surface area (Å²) in [4.78, 5) is 14.5. The van der Waals surface area contributed by atoms with Gasteiger partial charge in [0.1, 0.15) is 11.6 Å². The zero-order valence-electron chi connectivity index (χ0n) is 13.2. The van der Waals surface area contributed by atoms with Crippen molar-refractivity contribution in [1.82, 2.24) is 4.90 Å². The van der Waals surface area contributed by atoms with Gasteiger partial charge >= 0.3 is 0 Å². The summed E-state index contributed by atoms with van der Waals surface area (Å²) in [7, 11) is 0. The molecule has 5 heteroatoms. The van der Waals surface area contributed by atoms with Crippen LogP contribution in [0.25, 0.3) is 11.3 Å². The maximum Gasteiger partial charge on any atom is 0.289 e. The van der Waals surface area contributed by atoms with E-state index in [0.717, 1.165) is 12.8 Å². The van der Waals surface area contributed by atoms with E-state index in [2.05, 4.69) is 6.92 Å². The Hall–Kier alpha value is -2.14. The predicted octanol–water partition coefficient (Wildman–Crippen LogP) is 3.29. The van der Waals surface area contributed by atoms with E-state index in [9.17, 15) is 9.18 Å². The SMILES string of the molecule is CC1CCN(C(=O)c2ccc(-c3ccccc3F)o2)C(CN)C1. The number of hydrogen-bond acceptors (Lipinski definition) is 3. The van der Waals surface area contributed by atoms with Gasteiger partial charge in [-0.25, -0.2) is 4.39 Å². The molecule has 1 amide bonds. The molecule has 0 radical (unpaired) electrons. The molecule has 2 N–H and O–H groups in total. The summed E-state index contributed by atoms with van der Waals surface area (Å²) in [5.74, 6) is 0.623. The molecule has 0 saturated carbocycles. The van der Waals surface area contributed by atoms with Crippen LogP contribution in [0.1, 0.15) is 30.3 Å². The lowest BCUT2D eigenvalue weighted by atomic mass is 9.92. The molecule has 1 aliphatic rings. The van der Waals surface area contributed by atoms with Gasteiger partial charge in [-0.15, -0.1) is 0 Å². The highest BCUT2D eigenvalue weighted by atomic mass is 19.1. The zero-order valence-corrected chi connectivity index (χ0v) is 13.2. The molecule has 122 valence electrons. The van der Waals surface area contributed by atoms with Gasteiger partial charge in [-0.2, -0.15) is 0 Å². The molecular formula is C18H21FN2O2. The number of likely N-dealkylation sites (tertiary alicyclic amines) is 1. The molecule has 2 unspecified atom stereocenters. The first-order chi connectivity index (χ1) is 11.1. The van der Waals surface area contributed by atoms with Crippen molar-refractivity contribution >= 4 is 5.91 Å². The van der Waals surface area contributed by atoms with Gasteiger partial charge < -0.3 is 15.1 Å². The Labute approximate surface area is 135 Å². The van der Waals surface area contributed by atoms with Gasteiger partial charge in [-0.3, -0.25) is 4.79 Å². The zero-order chi connectivity index (χ0) is 16.4. The van der Waals surface area contributed by atoms with Crippen molar-refractivity contribution in [3.05, 3.63) is 48.0 Å². The van der Waals surface area contributed by atoms with Crippen LogP contribution in [0.2, 0.25) is 0 Å². The largest absolute Gasteiger partial charge is 0.451 e. The molecule has 0 spiro atoms. The summed E-state index contributed by atoms with van der Waals surface area (Å²) in [6, 6.07) is 9.64. The molecule has 3 rings (SSSR count). The number of furan rings is 1. The first kappa shape index (κ1) is 15.7. The summed E-state index contributed by atoms with van der Waals surface area (Å²) in [6.07, 6.45) is 1.87. The maximum atomic E-state index is 13.8. The first-order valence-electron chi connectivity index (χ1n) is 7.96. The number of carbonyl (C=O) groups is 1. The molecule has 1 aliphatic heterocycles.